The number of carboxylic acid groups (broad SMARTS) is 1. The molecule has 1 saturated carbocycles. The van der Waals surface area contributed by atoms with Crippen molar-refractivity contribution in [3.63, 3.8) is 0 Å². The Labute approximate surface area is 135 Å². The number of hydrogen-bond donors (Lipinski definition) is 1. The Hall–Kier alpha value is -1.55. The van der Waals surface area contributed by atoms with Crippen molar-refractivity contribution < 1.29 is 14.7 Å². The van der Waals surface area contributed by atoms with E-state index >= 15 is 0 Å². The summed E-state index contributed by atoms with van der Waals surface area (Å²) < 4.78 is 0. The Balaban J connectivity index is 1.82. The third-order valence-corrected chi connectivity index (χ3v) is 5.33. The summed E-state index contributed by atoms with van der Waals surface area (Å²) in [4.78, 5) is 25.9. The number of hydrogen-bond acceptors (Lipinski definition) is 2. The Bertz CT molecular complexity index is 589. The molecule has 1 saturated heterocycles. The van der Waals surface area contributed by atoms with Gasteiger partial charge in [0.25, 0.3) is 0 Å². The van der Waals surface area contributed by atoms with E-state index in [0.717, 1.165) is 31.2 Å². The van der Waals surface area contributed by atoms with Gasteiger partial charge in [-0.05, 0) is 36.8 Å². The highest BCUT2D eigenvalue weighted by Crippen LogP contribution is 2.40. The SMILES string of the molecule is O=C(O)C1CC2CCCCC2N1C(=O)Cc1ccccc1Cl. The second-order valence-electron chi connectivity index (χ2n) is 6.27. The van der Waals surface area contributed by atoms with Gasteiger partial charge in [0, 0.05) is 11.1 Å². The summed E-state index contributed by atoms with van der Waals surface area (Å²) in [6.45, 7) is 0. The molecular formula is C17H20ClNO3. The van der Waals surface area contributed by atoms with Crippen LogP contribution in [0.2, 0.25) is 5.02 Å². The van der Waals surface area contributed by atoms with Crippen LogP contribution in [0.1, 0.15) is 37.7 Å². The molecule has 1 N–H and O–H groups in total. The van der Waals surface area contributed by atoms with Gasteiger partial charge >= 0.3 is 5.97 Å². The molecule has 4 nitrogen and oxygen atoms in total. The third-order valence-electron chi connectivity index (χ3n) is 4.96. The summed E-state index contributed by atoms with van der Waals surface area (Å²) in [5.74, 6) is -0.665. The second kappa shape index (κ2) is 6.29. The van der Waals surface area contributed by atoms with E-state index in [4.69, 9.17) is 11.6 Å². The van der Waals surface area contributed by atoms with Crippen LogP contribution in [0, 0.1) is 5.92 Å². The number of carboxylic acids is 1. The largest absolute Gasteiger partial charge is 0.480 e. The zero-order valence-corrected chi connectivity index (χ0v) is 13.1. The second-order valence-corrected chi connectivity index (χ2v) is 6.68. The number of benzene rings is 1. The van der Waals surface area contributed by atoms with Crippen molar-refractivity contribution in [2.45, 2.75) is 50.6 Å². The predicted octanol–water partition coefficient (Wildman–Crippen LogP) is 3.13. The first kappa shape index (κ1) is 15.3. The molecule has 22 heavy (non-hydrogen) atoms. The van der Waals surface area contributed by atoms with Gasteiger partial charge in [-0.25, -0.2) is 4.79 Å². The molecule has 3 unspecified atom stereocenters. The molecule has 2 aliphatic rings. The van der Waals surface area contributed by atoms with E-state index < -0.39 is 12.0 Å². The van der Waals surface area contributed by atoms with Crippen molar-refractivity contribution in [1.29, 1.82) is 0 Å². The zero-order valence-electron chi connectivity index (χ0n) is 12.4. The fraction of sp³-hybridized carbons (Fsp3) is 0.529. The molecule has 2 fully saturated rings. The van der Waals surface area contributed by atoms with Gasteiger partial charge in [0.05, 0.1) is 6.42 Å². The topological polar surface area (TPSA) is 57.6 Å². The predicted molar refractivity (Wildman–Crippen MR) is 83.8 cm³/mol. The first-order chi connectivity index (χ1) is 10.6. The van der Waals surface area contributed by atoms with Crippen molar-refractivity contribution >= 4 is 23.5 Å². The minimum atomic E-state index is -0.887. The molecule has 0 aromatic heterocycles. The van der Waals surface area contributed by atoms with E-state index in [2.05, 4.69) is 0 Å². The smallest absolute Gasteiger partial charge is 0.326 e. The number of halogens is 1. The molecule has 1 aromatic carbocycles. The molecule has 1 aliphatic carbocycles. The molecule has 1 heterocycles. The number of fused-ring (bicyclic) bond motifs is 1. The molecule has 0 radical (unpaired) electrons. The lowest BCUT2D eigenvalue weighted by Gasteiger charge is -2.33. The first-order valence-corrected chi connectivity index (χ1v) is 8.23. The van der Waals surface area contributed by atoms with Crippen molar-refractivity contribution in [1.82, 2.24) is 4.90 Å². The van der Waals surface area contributed by atoms with Gasteiger partial charge in [-0.2, -0.15) is 0 Å². The van der Waals surface area contributed by atoms with Crippen molar-refractivity contribution in [2.75, 3.05) is 0 Å². The number of amides is 1. The Kier molecular flexibility index (Phi) is 4.39. The molecule has 3 rings (SSSR count). The molecule has 118 valence electrons. The molecule has 1 aromatic rings. The molecule has 1 amide bonds. The van der Waals surface area contributed by atoms with Crippen LogP contribution < -0.4 is 0 Å². The van der Waals surface area contributed by atoms with Crippen LogP contribution in [0.3, 0.4) is 0 Å². The molecule has 0 spiro atoms. The maximum absolute atomic E-state index is 12.7. The lowest BCUT2D eigenvalue weighted by Crippen LogP contribution is -2.46. The van der Waals surface area contributed by atoms with Gasteiger partial charge in [-0.3, -0.25) is 4.79 Å². The first-order valence-electron chi connectivity index (χ1n) is 7.85. The average molecular weight is 322 g/mol. The third kappa shape index (κ3) is 2.84. The molecule has 5 heteroatoms. The summed E-state index contributed by atoms with van der Waals surface area (Å²) in [5.41, 5.74) is 0.762. The van der Waals surface area contributed by atoms with Crippen molar-refractivity contribution in [3.05, 3.63) is 34.9 Å². The summed E-state index contributed by atoms with van der Waals surface area (Å²) in [7, 11) is 0. The minimum Gasteiger partial charge on any atom is -0.480 e. The van der Waals surface area contributed by atoms with E-state index in [1.165, 1.54) is 0 Å². The Morgan fingerprint density at radius 2 is 1.95 bits per heavy atom. The quantitative estimate of drug-likeness (QED) is 0.930. The molecular weight excluding hydrogens is 302 g/mol. The maximum Gasteiger partial charge on any atom is 0.326 e. The van der Waals surface area contributed by atoms with Crippen LogP contribution in [0.25, 0.3) is 0 Å². The summed E-state index contributed by atoms with van der Waals surface area (Å²) >= 11 is 6.12. The number of nitrogens with zero attached hydrogens (tertiary/aromatic N) is 1. The Morgan fingerprint density at radius 3 is 2.68 bits per heavy atom. The van der Waals surface area contributed by atoms with Crippen LogP contribution >= 0.6 is 11.6 Å². The zero-order chi connectivity index (χ0) is 15.7. The molecule has 1 aliphatic heterocycles. The maximum atomic E-state index is 12.7. The monoisotopic (exact) mass is 321 g/mol. The van der Waals surface area contributed by atoms with Gasteiger partial charge in [0.2, 0.25) is 5.91 Å². The summed E-state index contributed by atoms with van der Waals surface area (Å²) in [5, 5.41) is 10.0. The van der Waals surface area contributed by atoms with E-state index in [-0.39, 0.29) is 18.4 Å². The van der Waals surface area contributed by atoms with Crippen LogP contribution in [0.4, 0.5) is 0 Å². The number of carbonyl (C=O) groups excluding carboxylic acids is 1. The van der Waals surface area contributed by atoms with Gasteiger partial charge in [-0.15, -0.1) is 0 Å². The van der Waals surface area contributed by atoms with E-state index in [0.29, 0.717) is 17.4 Å². The lowest BCUT2D eigenvalue weighted by atomic mass is 9.84. The van der Waals surface area contributed by atoms with Crippen LogP contribution in [0.15, 0.2) is 24.3 Å². The normalized spacial score (nSPS) is 27.5. The highest BCUT2D eigenvalue weighted by atomic mass is 35.5. The summed E-state index contributed by atoms with van der Waals surface area (Å²) in [6, 6.07) is 6.66. The van der Waals surface area contributed by atoms with E-state index in [9.17, 15) is 14.7 Å². The highest BCUT2D eigenvalue weighted by Gasteiger charge is 2.47. The number of rotatable bonds is 3. The fourth-order valence-electron chi connectivity index (χ4n) is 3.94. The van der Waals surface area contributed by atoms with Gasteiger partial charge in [0.1, 0.15) is 6.04 Å². The van der Waals surface area contributed by atoms with Crippen LogP contribution in [-0.2, 0) is 16.0 Å². The highest BCUT2D eigenvalue weighted by molar-refractivity contribution is 6.31. The number of aliphatic carboxylic acids is 1. The lowest BCUT2D eigenvalue weighted by molar-refractivity contribution is -0.149. The van der Waals surface area contributed by atoms with Crippen LogP contribution in [-0.4, -0.2) is 34.0 Å². The average Bonchev–Trinajstić information content (AvgIpc) is 2.89. The van der Waals surface area contributed by atoms with Crippen LogP contribution in [0.5, 0.6) is 0 Å². The molecule has 3 atom stereocenters. The number of likely N-dealkylation sites (tertiary alicyclic amines) is 1. The van der Waals surface area contributed by atoms with E-state index in [1.807, 2.05) is 18.2 Å². The summed E-state index contributed by atoms with van der Waals surface area (Å²) in [6.07, 6.45) is 4.93. The van der Waals surface area contributed by atoms with E-state index in [1.54, 1.807) is 11.0 Å². The van der Waals surface area contributed by atoms with Gasteiger partial charge in [0.15, 0.2) is 0 Å². The van der Waals surface area contributed by atoms with Crippen molar-refractivity contribution in [2.24, 2.45) is 5.92 Å². The van der Waals surface area contributed by atoms with Gasteiger partial charge in [-0.1, -0.05) is 42.6 Å². The minimum absolute atomic E-state index is 0.0878. The standard InChI is InChI=1S/C17H20ClNO3/c18-13-7-3-1-5-11(13)10-16(20)19-14-8-4-2-6-12(14)9-15(19)17(21)22/h1,3,5,7,12,14-15H,2,4,6,8-10H2,(H,21,22). The fourth-order valence-corrected chi connectivity index (χ4v) is 4.14. The molecule has 0 bridgehead atoms. The number of carbonyl (C=O) groups is 2. The van der Waals surface area contributed by atoms with Crippen molar-refractivity contribution in [3.8, 4) is 0 Å². The Morgan fingerprint density at radius 1 is 1.23 bits per heavy atom. The van der Waals surface area contributed by atoms with Gasteiger partial charge < -0.3 is 10.0 Å².